The lowest BCUT2D eigenvalue weighted by Gasteiger charge is -2.46. The van der Waals surface area contributed by atoms with Crippen LogP contribution in [0.5, 0.6) is 0 Å². The first-order chi connectivity index (χ1) is 19.1. The van der Waals surface area contributed by atoms with Crippen LogP contribution in [-0.2, 0) is 8.85 Å². The second kappa shape index (κ2) is 12.2. The Hall–Kier alpha value is -3.03. The van der Waals surface area contributed by atoms with E-state index in [9.17, 15) is 0 Å². The first kappa shape index (κ1) is 29.9. The molecule has 208 valence electrons. The maximum absolute atomic E-state index is 7.42. The van der Waals surface area contributed by atoms with Gasteiger partial charge in [0.2, 0.25) is 0 Å². The molecule has 1 unspecified atom stereocenters. The van der Waals surface area contributed by atoms with Crippen molar-refractivity contribution in [2.24, 2.45) is 0 Å². The van der Waals surface area contributed by atoms with Crippen molar-refractivity contribution >= 4 is 37.4 Å². The number of hydrogen-bond acceptors (Lipinski definition) is 2. The SMILES string of the molecule is C=CC(CO[Si](c1ccccc1)(c1ccccc1)C(C)(C)C)O[Si](c1ccccc1)(c1ccccc1)C(C)(C)C. The minimum Gasteiger partial charge on any atom is -0.404 e. The highest BCUT2D eigenvalue weighted by Gasteiger charge is 2.53. The minimum atomic E-state index is -2.77. The monoisotopic (exact) mass is 564 g/mol. The lowest BCUT2D eigenvalue weighted by atomic mass is 10.2. The molecule has 0 heterocycles. The second-order valence-corrected chi connectivity index (χ2v) is 21.1. The Morgan fingerprint density at radius 2 is 0.850 bits per heavy atom. The molecule has 0 amide bonds. The molecule has 4 heteroatoms. The second-order valence-electron chi connectivity index (χ2n) is 12.5. The minimum absolute atomic E-state index is 0.112. The summed E-state index contributed by atoms with van der Waals surface area (Å²) in [5.74, 6) is 0. The van der Waals surface area contributed by atoms with Gasteiger partial charge >= 0.3 is 0 Å². The van der Waals surface area contributed by atoms with E-state index in [1.807, 2.05) is 6.08 Å². The highest BCUT2D eigenvalue weighted by Crippen LogP contribution is 2.39. The number of rotatable bonds is 10. The molecule has 2 nitrogen and oxygen atoms in total. The summed E-state index contributed by atoms with van der Waals surface area (Å²) in [7, 11) is -5.49. The van der Waals surface area contributed by atoms with Gasteiger partial charge in [0.05, 0.1) is 12.7 Å². The first-order valence-corrected chi connectivity index (χ1v) is 18.0. The summed E-state index contributed by atoms with van der Waals surface area (Å²) in [4.78, 5) is 0. The molecule has 4 aromatic rings. The third-order valence-corrected chi connectivity index (χ3v) is 18.0. The van der Waals surface area contributed by atoms with Crippen LogP contribution in [0.25, 0.3) is 0 Å². The average molecular weight is 565 g/mol. The van der Waals surface area contributed by atoms with Crippen molar-refractivity contribution in [3.8, 4) is 0 Å². The molecule has 40 heavy (non-hydrogen) atoms. The van der Waals surface area contributed by atoms with Crippen molar-refractivity contribution in [2.45, 2.75) is 57.7 Å². The summed E-state index contributed by atoms with van der Waals surface area (Å²) >= 11 is 0. The Morgan fingerprint density at radius 3 is 1.12 bits per heavy atom. The molecule has 0 aromatic heterocycles. The molecule has 4 rings (SSSR count). The Kier molecular flexibility index (Phi) is 9.16. The van der Waals surface area contributed by atoms with Gasteiger partial charge in [-0.2, -0.15) is 0 Å². The summed E-state index contributed by atoms with van der Waals surface area (Å²) in [5, 5.41) is 4.80. The van der Waals surface area contributed by atoms with E-state index >= 15 is 0 Å². The average Bonchev–Trinajstić information content (AvgIpc) is 2.96. The van der Waals surface area contributed by atoms with Gasteiger partial charge in [-0.25, -0.2) is 0 Å². The van der Waals surface area contributed by atoms with Crippen LogP contribution in [0.1, 0.15) is 41.5 Å². The fourth-order valence-electron chi connectivity index (χ4n) is 6.04. The number of hydrogen-bond donors (Lipinski definition) is 0. The van der Waals surface area contributed by atoms with E-state index in [4.69, 9.17) is 8.85 Å². The molecule has 0 aliphatic rings. The summed E-state index contributed by atoms with van der Waals surface area (Å²) in [6, 6.07) is 43.1. The molecule has 0 aliphatic heterocycles. The van der Waals surface area contributed by atoms with E-state index in [0.717, 1.165) is 0 Å². The van der Waals surface area contributed by atoms with Crippen LogP contribution < -0.4 is 20.7 Å². The van der Waals surface area contributed by atoms with Gasteiger partial charge in [0, 0.05) is 0 Å². The largest absolute Gasteiger partial charge is 0.404 e. The highest BCUT2D eigenvalue weighted by atomic mass is 28.4. The van der Waals surface area contributed by atoms with Crippen LogP contribution in [0.3, 0.4) is 0 Å². The summed E-state index contributed by atoms with van der Waals surface area (Å²) in [5.41, 5.74) is 0. The molecule has 0 fully saturated rings. The molecule has 0 N–H and O–H groups in total. The fraction of sp³-hybridized carbons (Fsp3) is 0.278. The Labute approximate surface area is 244 Å². The van der Waals surface area contributed by atoms with Gasteiger partial charge in [-0.1, -0.05) is 169 Å². The standard InChI is InChI=1S/C36H44O2Si2/c1-8-30(38-40(36(5,6)7,33-25-17-11-18-26-33)34-27-19-12-20-28-34)29-37-39(35(2,3)4,31-21-13-9-14-22-31)32-23-15-10-16-24-32/h8-28,30H,1,29H2,2-7H3. The smallest absolute Gasteiger partial charge is 0.261 e. The van der Waals surface area contributed by atoms with Crippen LogP contribution in [0.4, 0.5) is 0 Å². The van der Waals surface area contributed by atoms with E-state index in [-0.39, 0.29) is 16.2 Å². The van der Waals surface area contributed by atoms with E-state index < -0.39 is 16.6 Å². The van der Waals surface area contributed by atoms with Crippen molar-refractivity contribution in [1.82, 2.24) is 0 Å². The first-order valence-electron chi connectivity index (χ1n) is 14.2. The van der Waals surface area contributed by atoms with Crippen molar-refractivity contribution in [3.05, 3.63) is 134 Å². The normalized spacial score (nSPS) is 13.6. The number of benzene rings is 4. The predicted molar refractivity (Wildman–Crippen MR) is 176 cm³/mol. The van der Waals surface area contributed by atoms with Crippen LogP contribution in [0, 0.1) is 0 Å². The van der Waals surface area contributed by atoms with Crippen LogP contribution in [-0.4, -0.2) is 29.3 Å². The van der Waals surface area contributed by atoms with Gasteiger partial charge in [0.15, 0.2) is 0 Å². The van der Waals surface area contributed by atoms with E-state index in [1.54, 1.807) is 0 Å². The third-order valence-electron chi connectivity index (χ3n) is 7.89. The van der Waals surface area contributed by atoms with Gasteiger partial charge in [-0.15, -0.1) is 6.58 Å². The zero-order valence-corrected chi connectivity index (χ0v) is 26.9. The molecular formula is C36H44O2Si2. The fourth-order valence-corrected chi connectivity index (χ4v) is 15.2. The van der Waals surface area contributed by atoms with Crippen LogP contribution >= 0.6 is 0 Å². The van der Waals surface area contributed by atoms with Crippen molar-refractivity contribution in [1.29, 1.82) is 0 Å². The van der Waals surface area contributed by atoms with Crippen LogP contribution in [0.2, 0.25) is 10.1 Å². The van der Waals surface area contributed by atoms with E-state index in [0.29, 0.717) is 6.61 Å². The van der Waals surface area contributed by atoms with Crippen molar-refractivity contribution < 1.29 is 8.85 Å². The van der Waals surface area contributed by atoms with Gasteiger partial charge in [0.1, 0.15) is 0 Å². The molecule has 4 aromatic carbocycles. The third kappa shape index (κ3) is 5.72. The van der Waals surface area contributed by atoms with Crippen molar-refractivity contribution in [3.63, 3.8) is 0 Å². The predicted octanol–water partition coefficient (Wildman–Crippen LogP) is 6.69. The highest BCUT2D eigenvalue weighted by molar-refractivity contribution is 7.00. The van der Waals surface area contributed by atoms with Crippen LogP contribution in [0.15, 0.2) is 134 Å². The maximum Gasteiger partial charge on any atom is 0.261 e. The summed E-state index contributed by atoms with van der Waals surface area (Å²) < 4.78 is 14.7. The molecule has 0 bridgehead atoms. The van der Waals surface area contributed by atoms with Gasteiger partial charge in [-0.3, -0.25) is 0 Å². The van der Waals surface area contributed by atoms with Gasteiger partial charge in [0.25, 0.3) is 16.6 Å². The summed E-state index contributed by atoms with van der Waals surface area (Å²) in [6.07, 6.45) is 1.66. The zero-order chi connectivity index (χ0) is 28.9. The topological polar surface area (TPSA) is 18.5 Å². The van der Waals surface area contributed by atoms with E-state index in [2.05, 4.69) is 169 Å². The van der Waals surface area contributed by atoms with Gasteiger partial charge < -0.3 is 8.85 Å². The Balaban J connectivity index is 1.81. The molecule has 0 radical (unpaired) electrons. The molecule has 0 aliphatic carbocycles. The lowest BCUT2D eigenvalue weighted by Crippen LogP contribution is -2.69. The maximum atomic E-state index is 7.42. The molecular weight excluding hydrogens is 521 g/mol. The summed E-state index contributed by atoms with van der Waals surface area (Å²) in [6.45, 7) is 18.5. The molecule has 0 spiro atoms. The molecule has 1 atom stereocenters. The zero-order valence-electron chi connectivity index (χ0n) is 24.9. The molecule has 0 saturated carbocycles. The van der Waals surface area contributed by atoms with Gasteiger partial charge in [-0.05, 0) is 30.8 Å². The molecule has 0 saturated heterocycles. The lowest BCUT2D eigenvalue weighted by molar-refractivity contribution is 0.148. The van der Waals surface area contributed by atoms with E-state index in [1.165, 1.54) is 20.7 Å². The quantitative estimate of drug-likeness (QED) is 0.158. The Morgan fingerprint density at radius 1 is 0.550 bits per heavy atom. The van der Waals surface area contributed by atoms with Crippen molar-refractivity contribution in [2.75, 3.05) is 6.61 Å². The Bertz CT molecular complexity index is 1260.